The number of carbonyl (C=O) groups excluding carboxylic acids is 1. The van der Waals surface area contributed by atoms with Crippen molar-refractivity contribution in [2.24, 2.45) is 0 Å². The Hall–Kier alpha value is -3.02. The van der Waals surface area contributed by atoms with Crippen molar-refractivity contribution in [1.82, 2.24) is 9.38 Å². The molecule has 0 radical (unpaired) electrons. The number of nitrogens with zero attached hydrogens (tertiary/aromatic N) is 2. The lowest BCUT2D eigenvalue weighted by Crippen LogP contribution is -2.24. The Morgan fingerprint density at radius 1 is 1.18 bits per heavy atom. The number of aromatic nitrogens is 2. The Morgan fingerprint density at radius 2 is 1.91 bits per heavy atom. The normalized spacial score (nSPS) is 10.6. The fourth-order valence-electron chi connectivity index (χ4n) is 2.13. The van der Waals surface area contributed by atoms with E-state index in [2.05, 4.69) is 10.3 Å². The maximum Gasteiger partial charge on any atom is 0.281 e. The molecule has 0 saturated carbocycles. The number of anilines is 1. The number of amides is 1. The van der Waals surface area contributed by atoms with Crippen LogP contribution in [0.25, 0.3) is 5.65 Å². The van der Waals surface area contributed by atoms with Gasteiger partial charge < -0.3 is 5.32 Å². The summed E-state index contributed by atoms with van der Waals surface area (Å²) < 4.78 is 14.2. The van der Waals surface area contributed by atoms with Gasteiger partial charge in [-0.2, -0.15) is 0 Å². The smallest absolute Gasteiger partial charge is 0.281 e. The highest BCUT2D eigenvalue weighted by molar-refractivity contribution is 6.04. The number of pyridine rings is 1. The van der Waals surface area contributed by atoms with Crippen molar-refractivity contribution in [3.63, 3.8) is 0 Å². The Bertz CT molecular complexity index is 917. The van der Waals surface area contributed by atoms with E-state index < -0.39 is 11.7 Å². The summed E-state index contributed by atoms with van der Waals surface area (Å²) in [5, 5.41) is 2.55. The highest BCUT2D eigenvalue weighted by Crippen LogP contribution is 2.11. The molecule has 3 aromatic rings. The summed E-state index contributed by atoms with van der Waals surface area (Å²) in [6.45, 7) is 1.65. The first-order valence-electron chi connectivity index (χ1n) is 6.61. The van der Waals surface area contributed by atoms with Gasteiger partial charge in [-0.05, 0) is 43.3 Å². The summed E-state index contributed by atoms with van der Waals surface area (Å²) in [4.78, 5) is 28.9. The van der Waals surface area contributed by atoms with Crippen molar-refractivity contribution in [2.45, 2.75) is 6.92 Å². The van der Waals surface area contributed by atoms with Crippen LogP contribution in [0.3, 0.4) is 0 Å². The lowest BCUT2D eigenvalue weighted by Gasteiger charge is -2.09. The van der Waals surface area contributed by atoms with Gasteiger partial charge in [-0.15, -0.1) is 0 Å². The van der Waals surface area contributed by atoms with Crippen LogP contribution in [0.15, 0.2) is 53.5 Å². The molecule has 22 heavy (non-hydrogen) atoms. The van der Waals surface area contributed by atoms with Gasteiger partial charge in [0.15, 0.2) is 0 Å². The largest absolute Gasteiger partial charge is 0.316 e. The van der Waals surface area contributed by atoms with Crippen molar-refractivity contribution >= 4 is 17.2 Å². The molecule has 2 aromatic heterocycles. The SMILES string of the molecule is Cc1nc2ccccn2c(=O)c1NC(=O)c1ccc(F)cc1. The zero-order chi connectivity index (χ0) is 15.7. The molecule has 0 atom stereocenters. The van der Waals surface area contributed by atoms with Gasteiger partial charge in [0, 0.05) is 11.8 Å². The van der Waals surface area contributed by atoms with E-state index >= 15 is 0 Å². The molecule has 5 nitrogen and oxygen atoms in total. The quantitative estimate of drug-likeness (QED) is 0.790. The molecule has 1 N–H and O–H groups in total. The van der Waals surface area contributed by atoms with E-state index in [-0.39, 0.29) is 16.8 Å². The molecular formula is C16H12FN3O2. The summed E-state index contributed by atoms with van der Waals surface area (Å²) in [5.74, 6) is -0.918. The van der Waals surface area contributed by atoms with E-state index in [1.165, 1.54) is 28.7 Å². The first-order valence-corrected chi connectivity index (χ1v) is 6.61. The second-order valence-corrected chi connectivity index (χ2v) is 4.77. The summed E-state index contributed by atoms with van der Waals surface area (Å²) in [7, 11) is 0. The molecule has 0 aliphatic heterocycles. The van der Waals surface area contributed by atoms with E-state index in [0.717, 1.165) is 0 Å². The molecule has 0 aliphatic carbocycles. The zero-order valence-corrected chi connectivity index (χ0v) is 11.7. The Labute approximate surface area is 125 Å². The molecule has 1 amide bonds. The van der Waals surface area contributed by atoms with Crippen molar-refractivity contribution in [3.05, 3.63) is 76.1 Å². The van der Waals surface area contributed by atoms with Gasteiger partial charge in [0.2, 0.25) is 0 Å². The van der Waals surface area contributed by atoms with Crippen LogP contribution in [0.2, 0.25) is 0 Å². The van der Waals surface area contributed by atoms with Crippen molar-refractivity contribution < 1.29 is 9.18 Å². The molecule has 0 bridgehead atoms. The van der Waals surface area contributed by atoms with Crippen LogP contribution in [0.1, 0.15) is 16.1 Å². The van der Waals surface area contributed by atoms with Crippen LogP contribution in [0.4, 0.5) is 10.1 Å². The minimum absolute atomic E-state index is 0.109. The summed E-state index contributed by atoms with van der Waals surface area (Å²) in [6, 6.07) is 10.3. The van der Waals surface area contributed by atoms with Crippen LogP contribution in [0.5, 0.6) is 0 Å². The van der Waals surface area contributed by atoms with Crippen molar-refractivity contribution in [2.75, 3.05) is 5.32 Å². The number of hydrogen-bond acceptors (Lipinski definition) is 3. The van der Waals surface area contributed by atoms with Crippen LogP contribution in [0, 0.1) is 12.7 Å². The van der Waals surface area contributed by atoms with Crippen molar-refractivity contribution in [3.8, 4) is 0 Å². The number of aryl methyl sites for hydroxylation is 1. The minimum Gasteiger partial charge on any atom is -0.316 e. The highest BCUT2D eigenvalue weighted by Gasteiger charge is 2.13. The van der Waals surface area contributed by atoms with E-state index in [9.17, 15) is 14.0 Å². The second kappa shape index (κ2) is 5.40. The van der Waals surface area contributed by atoms with E-state index in [0.29, 0.717) is 11.3 Å². The van der Waals surface area contributed by atoms with Gasteiger partial charge in [-0.25, -0.2) is 9.37 Å². The van der Waals surface area contributed by atoms with Crippen LogP contribution < -0.4 is 10.9 Å². The first kappa shape index (κ1) is 13.9. The van der Waals surface area contributed by atoms with Crippen LogP contribution in [-0.4, -0.2) is 15.3 Å². The topological polar surface area (TPSA) is 63.5 Å². The van der Waals surface area contributed by atoms with Gasteiger partial charge in [0.05, 0.1) is 5.69 Å². The molecule has 0 saturated heterocycles. The van der Waals surface area contributed by atoms with Crippen molar-refractivity contribution in [1.29, 1.82) is 0 Å². The maximum absolute atomic E-state index is 12.9. The first-order chi connectivity index (χ1) is 10.6. The second-order valence-electron chi connectivity index (χ2n) is 4.77. The van der Waals surface area contributed by atoms with E-state index in [1.807, 2.05) is 0 Å². The van der Waals surface area contributed by atoms with E-state index in [4.69, 9.17) is 0 Å². The lowest BCUT2D eigenvalue weighted by atomic mass is 10.2. The molecule has 2 heterocycles. The number of halogens is 1. The monoisotopic (exact) mass is 297 g/mol. The van der Waals surface area contributed by atoms with Gasteiger partial charge in [-0.3, -0.25) is 14.0 Å². The molecule has 0 unspecified atom stereocenters. The maximum atomic E-state index is 12.9. The number of carbonyl (C=O) groups is 1. The summed E-state index contributed by atoms with van der Waals surface area (Å²) in [5.41, 5.74) is 0.936. The van der Waals surface area contributed by atoms with Gasteiger partial charge in [-0.1, -0.05) is 6.07 Å². The van der Waals surface area contributed by atoms with Gasteiger partial charge in [0.25, 0.3) is 11.5 Å². The van der Waals surface area contributed by atoms with E-state index in [1.54, 1.807) is 31.3 Å². The fourth-order valence-corrected chi connectivity index (χ4v) is 2.13. The lowest BCUT2D eigenvalue weighted by molar-refractivity contribution is 0.102. The molecule has 1 aromatic carbocycles. The van der Waals surface area contributed by atoms with Crippen LogP contribution in [-0.2, 0) is 0 Å². The molecule has 6 heteroatoms. The molecular weight excluding hydrogens is 285 g/mol. The number of rotatable bonds is 2. The predicted molar refractivity (Wildman–Crippen MR) is 80.6 cm³/mol. The summed E-state index contributed by atoms with van der Waals surface area (Å²) in [6.07, 6.45) is 1.58. The number of nitrogens with one attached hydrogen (secondary N) is 1. The Morgan fingerprint density at radius 3 is 2.64 bits per heavy atom. The van der Waals surface area contributed by atoms with Gasteiger partial charge in [0.1, 0.15) is 17.2 Å². The third-order valence-electron chi connectivity index (χ3n) is 3.26. The zero-order valence-electron chi connectivity index (χ0n) is 11.7. The predicted octanol–water partition coefficient (Wildman–Crippen LogP) is 2.39. The Balaban J connectivity index is 2.02. The molecule has 110 valence electrons. The summed E-state index contributed by atoms with van der Waals surface area (Å²) >= 11 is 0. The average molecular weight is 297 g/mol. The number of benzene rings is 1. The third-order valence-corrected chi connectivity index (χ3v) is 3.26. The molecule has 0 fully saturated rings. The Kier molecular flexibility index (Phi) is 3.42. The van der Waals surface area contributed by atoms with Crippen LogP contribution >= 0.6 is 0 Å². The number of hydrogen-bond donors (Lipinski definition) is 1. The average Bonchev–Trinajstić information content (AvgIpc) is 2.52. The standard InChI is InChI=1S/C16H12FN3O2/c1-10-14(16(22)20-9-3-2-4-13(20)18-10)19-15(21)11-5-7-12(17)8-6-11/h2-9H,1H3,(H,19,21). The highest BCUT2D eigenvalue weighted by atomic mass is 19.1. The fraction of sp³-hybridized carbons (Fsp3) is 0.0625. The third kappa shape index (κ3) is 2.46. The molecule has 3 rings (SSSR count). The molecule has 0 aliphatic rings. The minimum atomic E-state index is -0.488. The molecule has 0 spiro atoms. The number of fused-ring (bicyclic) bond motifs is 1. The van der Waals surface area contributed by atoms with Gasteiger partial charge >= 0.3 is 0 Å².